The van der Waals surface area contributed by atoms with Crippen LogP contribution in [0, 0.1) is 0 Å². The Kier molecular flexibility index (Phi) is 6.71. The fourth-order valence-electron chi connectivity index (χ4n) is 1.52. The fraction of sp³-hybridized carbons (Fsp3) is 0.500. The van der Waals surface area contributed by atoms with Gasteiger partial charge in [-0.15, -0.1) is 0 Å². The molecule has 0 aliphatic heterocycles. The molecule has 102 valence electrons. The molecule has 0 aliphatic rings. The van der Waals surface area contributed by atoms with E-state index in [0.717, 1.165) is 5.56 Å². The molecule has 1 unspecified atom stereocenters. The number of ether oxygens (including phenoxy) is 2. The first-order valence-corrected chi connectivity index (χ1v) is 6.57. The molecule has 3 nitrogen and oxygen atoms in total. The first-order chi connectivity index (χ1) is 8.51. The van der Waals surface area contributed by atoms with Crippen molar-refractivity contribution in [1.29, 1.82) is 0 Å². The van der Waals surface area contributed by atoms with Crippen molar-refractivity contribution < 1.29 is 9.47 Å². The minimum absolute atomic E-state index is 0.0140. The molecule has 0 saturated carbocycles. The van der Waals surface area contributed by atoms with Crippen LogP contribution in [0.1, 0.15) is 18.5 Å². The molecule has 0 bridgehead atoms. The maximum Gasteiger partial charge on any atom is 0.169 e. The van der Waals surface area contributed by atoms with Crippen LogP contribution < -0.4 is 5.32 Å². The molecule has 0 aliphatic carbocycles. The monoisotopic (exact) mass is 311 g/mol. The summed E-state index contributed by atoms with van der Waals surface area (Å²) in [6, 6.07) is 3.59. The van der Waals surface area contributed by atoms with E-state index in [1.165, 1.54) is 0 Å². The van der Waals surface area contributed by atoms with Crippen LogP contribution in [0.2, 0.25) is 15.1 Å². The highest BCUT2D eigenvalue weighted by molar-refractivity contribution is 6.48. The van der Waals surface area contributed by atoms with Crippen molar-refractivity contribution in [2.75, 3.05) is 20.8 Å². The predicted molar refractivity (Wildman–Crippen MR) is 75.7 cm³/mol. The maximum atomic E-state index is 6.16. The zero-order chi connectivity index (χ0) is 13.7. The SMILES string of the molecule is COC(CNC(C)c1ccc(Cl)c(Cl)c1Cl)OC. The molecule has 0 heterocycles. The number of halogens is 3. The van der Waals surface area contributed by atoms with E-state index in [4.69, 9.17) is 44.3 Å². The number of rotatable bonds is 6. The second-order valence-corrected chi connectivity index (χ2v) is 4.96. The smallest absolute Gasteiger partial charge is 0.169 e. The lowest BCUT2D eigenvalue weighted by Crippen LogP contribution is -2.31. The molecule has 0 radical (unpaired) electrons. The number of hydrogen-bond acceptors (Lipinski definition) is 3. The van der Waals surface area contributed by atoms with Gasteiger partial charge in [-0.05, 0) is 18.6 Å². The van der Waals surface area contributed by atoms with Crippen LogP contribution >= 0.6 is 34.8 Å². The summed E-state index contributed by atoms with van der Waals surface area (Å²) in [6.07, 6.45) is -0.297. The van der Waals surface area contributed by atoms with E-state index < -0.39 is 0 Å². The van der Waals surface area contributed by atoms with E-state index in [0.29, 0.717) is 21.6 Å². The van der Waals surface area contributed by atoms with Gasteiger partial charge in [0.2, 0.25) is 0 Å². The topological polar surface area (TPSA) is 30.5 Å². The molecular weight excluding hydrogens is 296 g/mol. The van der Waals surface area contributed by atoms with Gasteiger partial charge < -0.3 is 14.8 Å². The normalized spacial score (nSPS) is 13.1. The molecule has 1 atom stereocenters. The average molecular weight is 313 g/mol. The number of nitrogens with one attached hydrogen (secondary N) is 1. The molecule has 18 heavy (non-hydrogen) atoms. The quantitative estimate of drug-likeness (QED) is 0.638. The lowest BCUT2D eigenvalue weighted by Gasteiger charge is -2.20. The maximum absolute atomic E-state index is 6.16. The van der Waals surface area contributed by atoms with Gasteiger partial charge in [0.15, 0.2) is 6.29 Å². The first kappa shape index (κ1) is 16.0. The van der Waals surface area contributed by atoms with Crippen LogP contribution in [0.3, 0.4) is 0 Å². The Morgan fingerprint density at radius 2 is 1.72 bits per heavy atom. The fourth-order valence-corrected chi connectivity index (χ4v) is 2.23. The van der Waals surface area contributed by atoms with Crippen LogP contribution in [0.5, 0.6) is 0 Å². The molecule has 0 fully saturated rings. The largest absolute Gasteiger partial charge is 0.355 e. The van der Waals surface area contributed by atoms with E-state index in [2.05, 4.69) is 5.32 Å². The van der Waals surface area contributed by atoms with Crippen LogP contribution in [0.25, 0.3) is 0 Å². The molecule has 6 heteroatoms. The van der Waals surface area contributed by atoms with Gasteiger partial charge in [0, 0.05) is 26.8 Å². The van der Waals surface area contributed by atoms with Gasteiger partial charge in [-0.25, -0.2) is 0 Å². The minimum Gasteiger partial charge on any atom is -0.355 e. The summed E-state index contributed by atoms with van der Waals surface area (Å²) in [6.45, 7) is 2.53. The highest BCUT2D eigenvalue weighted by Crippen LogP contribution is 2.35. The minimum atomic E-state index is -0.297. The Labute approximate surface area is 122 Å². The molecule has 1 aromatic carbocycles. The number of methoxy groups -OCH3 is 2. The van der Waals surface area contributed by atoms with Crippen molar-refractivity contribution in [2.45, 2.75) is 19.3 Å². The number of hydrogen-bond donors (Lipinski definition) is 1. The zero-order valence-corrected chi connectivity index (χ0v) is 12.7. The lowest BCUT2D eigenvalue weighted by atomic mass is 10.1. The summed E-state index contributed by atoms with van der Waals surface area (Å²) in [4.78, 5) is 0. The summed E-state index contributed by atoms with van der Waals surface area (Å²) in [7, 11) is 3.18. The van der Waals surface area contributed by atoms with Gasteiger partial charge >= 0.3 is 0 Å². The Balaban J connectivity index is 2.73. The van der Waals surface area contributed by atoms with Crippen LogP contribution in [-0.4, -0.2) is 27.1 Å². The number of benzene rings is 1. The van der Waals surface area contributed by atoms with Crippen LogP contribution in [-0.2, 0) is 9.47 Å². The molecule has 1 N–H and O–H groups in total. The van der Waals surface area contributed by atoms with Crippen LogP contribution in [0.4, 0.5) is 0 Å². The summed E-state index contributed by atoms with van der Waals surface area (Å²) in [5, 5.41) is 4.54. The Morgan fingerprint density at radius 1 is 1.11 bits per heavy atom. The van der Waals surface area contributed by atoms with Crippen LogP contribution in [0.15, 0.2) is 12.1 Å². The lowest BCUT2D eigenvalue weighted by molar-refractivity contribution is -0.0997. The zero-order valence-electron chi connectivity index (χ0n) is 10.5. The molecular formula is C12H16Cl3NO2. The standard InChI is InChI=1S/C12H16Cl3NO2/c1-7(16-6-10(17-2)18-3)8-4-5-9(13)12(15)11(8)14/h4-5,7,10,16H,6H2,1-3H3. The van der Waals surface area contributed by atoms with Crippen molar-refractivity contribution in [3.05, 3.63) is 32.8 Å². The Hall–Kier alpha value is -0.0300. The molecule has 0 amide bonds. The Bertz CT molecular complexity index is 397. The molecule has 0 spiro atoms. The van der Waals surface area contributed by atoms with E-state index in [1.807, 2.05) is 13.0 Å². The van der Waals surface area contributed by atoms with Gasteiger partial charge in [-0.3, -0.25) is 0 Å². The summed E-state index contributed by atoms with van der Waals surface area (Å²) < 4.78 is 10.2. The molecule has 1 rings (SSSR count). The second-order valence-electron chi connectivity index (χ2n) is 3.80. The van der Waals surface area contributed by atoms with Crippen molar-refractivity contribution in [3.8, 4) is 0 Å². The molecule has 1 aromatic rings. The van der Waals surface area contributed by atoms with E-state index in [-0.39, 0.29) is 12.3 Å². The van der Waals surface area contributed by atoms with Crippen molar-refractivity contribution >= 4 is 34.8 Å². The third kappa shape index (κ3) is 3.98. The molecule has 0 saturated heterocycles. The highest BCUT2D eigenvalue weighted by Gasteiger charge is 2.15. The highest BCUT2D eigenvalue weighted by atomic mass is 35.5. The summed E-state index contributed by atoms with van der Waals surface area (Å²) in [5.41, 5.74) is 0.886. The van der Waals surface area contributed by atoms with Crippen molar-refractivity contribution in [2.24, 2.45) is 0 Å². The second kappa shape index (κ2) is 7.53. The van der Waals surface area contributed by atoms with Gasteiger partial charge in [0.25, 0.3) is 0 Å². The average Bonchev–Trinajstić information content (AvgIpc) is 2.37. The van der Waals surface area contributed by atoms with Crippen molar-refractivity contribution in [1.82, 2.24) is 5.32 Å². The third-order valence-corrected chi connectivity index (χ3v) is 3.96. The summed E-state index contributed by atoms with van der Waals surface area (Å²) in [5.74, 6) is 0. The Morgan fingerprint density at radius 3 is 2.28 bits per heavy atom. The van der Waals surface area contributed by atoms with E-state index in [1.54, 1.807) is 20.3 Å². The van der Waals surface area contributed by atoms with Gasteiger partial charge in [-0.1, -0.05) is 40.9 Å². The first-order valence-electron chi connectivity index (χ1n) is 5.43. The van der Waals surface area contributed by atoms with Crippen molar-refractivity contribution in [3.63, 3.8) is 0 Å². The predicted octanol–water partition coefficient (Wildman–Crippen LogP) is 3.92. The third-order valence-electron chi connectivity index (χ3n) is 2.65. The molecule has 0 aromatic heterocycles. The van der Waals surface area contributed by atoms with E-state index in [9.17, 15) is 0 Å². The van der Waals surface area contributed by atoms with Gasteiger partial charge in [-0.2, -0.15) is 0 Å². The summed E-state index contributed by atoms with van der Waals surface area (Å²) >= 11 is 18.0. The van der Waals surface area contributed by atoms with Gasteiger partial charge in [0.05, 0.1) is 15.1 Å². The van der Waals surface area contributed by atoms with E-state index >= 15 is 0 Å². The van der Waals surface area contributed by atoms with Gasteiger partial charge in [0.1, 0.15) is 0 Å².